The van der Waals surface area contributed by atoms with Crippen LogP contribution in [-0.2, 0) is 20.5 Å². The summed E-state index contributed by atoms with van der Waals surface area (Å²) in [6.07, 6.45) is 2.82. The zero-order valence-corrected chi connectivity index (χ0v) is 12.7. The molecule has 20 heavy (non-hydrogen) atoms. The van der Waals surface area contributed by atoms with Gasteiger partial charge in [-0.2, -0.15) is 0 Å². The Hall–Kier alpha value is -0.910. The van der Waals surface area contributed by atoms with Crippen molar-refractivity contribution >= 4 is 16.7 Å². The van der Waals surface area contributed by atoms with E-state index in [1.807, 2.05) is 44.2 Å². The number of nitrogens with one attached hydrogen (secondary N) is 1. The molecule has 2 fully saturated rings. The molecule has 0 bridgehead atoms. The smallest absolute Gasteiger partial charge is 0.163 e. The molecule has 2 aliphatic rings. The van der Waals surface area contributed by atoms with Gasteiger partial charge in [-0.1, -0.05) is 18.2 Å². The van der Waals surface area contributed by atoms with E-state index >= 15 is 0 Å². The average molecular weight is 295 g/mol. The van der Waals surface area contributed by atoms with E-state index in [0.717, 1.165) is 24.9 Å². The van der Waals surface area contributed by atoms with Crippen molar-refractivity contribution in [3.8, 4) is 0 Å². The van der Waals surface area contributed by atoms with Gasteiger partial charge in [0.2, 0.25) is 0 Å². The third-order valence-electron chi connectivity index (χ3n) is 3.85. The first kappa shape index (κ1) is 14.0. The highest BCUT2D eigenvalue weighted by atomic mass is 32.2. The predicted molar refractivity (Wildman–Crippen MR) is 79.7 cm³/mol. The van der Waals surface area contributed by atoms with Gasteiger partial charge in [0.15, 0.2) is 5.79 Å². The van der Waals surface area contributed by atoms with E-state index in [0.29, 0.717) is 6.61 Å². The summed E-state index contributed by atoms with van der Waals surface area (Å²) in [6.45, 7) is 4.44. The molecule has 1 saturated heterocycles. The van der Waals surface area contributed by atoms with Crippen LogP contribution in [0.15, 0.2) is 30.3 Å². The van der Waals surface area contributed by atoms with Gasteiger partial charge in [-0.25, -0.2) is 4.21 Å². The summed E-state index contributed by atoms with van der Waals surface area (Å²) in [5, 5.41) is 0. The molecule has 2 atom stereocenters. The second kappa shape index (κ2) is 5.13. The summed E-state index contributed by atoms with van der Waals surface area (Å²) in [5.41, 5.74) is 0.904. The average Bonchev–Trinajstić information content (AvgIpc) is 3.10. The van der Waals surface area contributed by atoms with Crippen LogP contribution in [-0.4, -0.2) is 27.5 Å². The first-order chi connectivity index (χ1) is 9.49. The van der Waals surface area contributed by atoms with Crippen LogP contribution in [0.4, 0.5) is 5.69 Å². The van der Waals surface area contributed by atoms with Crippen LogP contribution >= 0.6 is 0 Å². The number of ether oxygens (including phenoxy) is 2. The molecular formula is C15H21NO3S. The summed E-state index contributed by atoms with van der Waals surface area (Å²) in [6, 6.07) is 9.70. The van der Waals surface area contributed by atoms with Crippen molar-refractivity contribution in [1.29, 1.82) is 0 Å². The fraction of sp³-hybridized carbons (Fsp3) is 0.600. The minimum absolute atomic E-state index is 0.0500. The maximum Gasteiger partial charge on any atom is 0.163 e. The Morgan fingerprint density at radius 1 is 1.30 bits per heavy atom. The van der Waals surface area contributed by atoms with Crippen LogP contribution in [0.1, 0.15) is 33.1 Å². The molecule has 4 nitrogen and oxygen atoms in total. The second-order valence-electron chi connectivity index (χ2n) is 6.07. The highest BCUT2D eigenvalue weighted by molar-refractivity contribution is 7.88. The Morgan fingerprint density at radius 2 is 2.00 bits per heavy atom. The fourth-order valence-electron chi connectivity index (χ4n) is 2.60. The number of para-hydroxylation sites is 1. The van der Waals surface area contributed by atoms with Gasteiger partial charge >= 0.3 is 0 Å². The van der Waals surface area contributed by atoms with E-state index in [9.17, 15) is 4.21 Å². The van der Waals surface area contributed by atoms with Crippen molar-refractivity contribution < 1.29 is 13.7 Å². The van der Waals surface area contributed by atoms with Gasteiger partial charge in [0.25, 0.3) is 0 Å². The lowest BCUT2D eigenvalue weighted by atomic mass is 10.2. The Balaban J connectivity index is 1.60. The maximum atomic E-state index is 12.5. The van der Waals surface area contributed by atoms with Crippen molar-refractivity contribution in [2.45, 2.75) is 49.7 Å². The van der Waals surface area contributed by atoms with Gasteiger partial charge in [0.1, 0.15) is 11.0 Å². The molecule has 110 valence electrons. The molecular weight excluding hydrogens is 274 g/mol. The van der Waals surface area contributed by atoms with E-state index in [1.54, 1.807) is 0 Å². The first-order valence-electron chi connectivity index (χ1n) is 7.05. The summed E-state index contributed by atoms with van der Waals surface area (Å²) < 4.78 is 26.9. The minimum atomic E-state index is -1.08. The van der Waals surface area contributed by atoms with E-state index in [2.05, 4.69) is 4.72 Å². The van der Waals surface area contributed by atoms with E-state index in [4.69, 9.17) is 9.47 Å². The summed E-state index contributed by atoms with van der Waals surface area (Å²) in [4.78, 5) is 0. The molecule has 1 aliphatic carbocycles. The summed E-state index contributed by atoms with van der Waals surface area (Å²) in [7, 11) is -1.08. The van der Waals surface area contributed by atoms with E-state index < -0.39 is 16.8 Å². The number of rotatable bonds is 5. The van der Waals surface area contributed by atoms with E-state index in [1.165, 1.54) is 0 Å². The maximum absolute atomic E-state index is 12.5. The van der Waals surface area contributed by atoms with Gasteiger partial charge in [0.05, 0.1) is 17.5 Å². The Morgan fingerprint density at radius 3 is 2.55 bits per heavy atom. The molecule has 0 radical (unpaired) electrons. The fourth-order valence-corrected chi connectivity index (χ4v) is 3.98. The summed E-state index contributed by atoms with van der Waals surface area (Å²) >= 11 is 0. The Labute approximate surface area is 122 Å². The molecule has 1 aromatic rings. The van der Waals surface area contributed by atoms with Crippen LogP contribution < -0.4 is 4.72 Å². The van der Waals surface area contributed by atoms with Gasteiger partial charge in [0, 0.05) is 5.69 Å². The Kier molecular flexibility index (Phi) is 3.60. The second-order valence-corrected chi connectivity index (χ2v) is 7.68. The van der Waals surface area contributed by atoms with Crippen molar-refractivity contribution in [2.75, 3.05) is 11.3 Å². The van der Waals surface area contributed by atoms with Crippen LogP contribution in [0.5, 0.6) is 0 Å². The quantitative estimate of drug-likeness (QED) is 0.908. The predicted octanol–water partition coefficient (Wildman–Crippen LogP) is 2.84. The SMILES string of the molecule is CC1(C)OCC(CC2(S(=O)Nc3ccccc3)CC2)O1. The molecule has 3 rings (SSSR count). The molecule has 2 unspecified atom stereocenters. The third-order valence-corrected chi connectivity index (χ3v) is 5.63. The lowest BCUT2D eigenvalue weighted by Crippen LogP contribution is -2.30. The van der Waals surface area contributed by atoms with E-state index in [-0.39, 0.29) is 10.9 Å². The molecule has 1 N–H and O–H groups in total. The van der Waals surface area contributed by atoms with Gasteiger partial charge < -0.3 is 14.2 Å². The van der Waals surface area contributed by atoms with Crippen molar-refractivity contribution in [2.24, 2.45) is 0 Å². The lowest BCUT2D eigenvalue weighted by molar-refractivity contribution is -0.139. The largest absolute Gasteiger partial charge is 0.348 e. The van der Waals surface area contributed by atoms with Crippen LogP contribution in [0.25, 0.3) is 0 Å². The molecule has 0 spiro atoms. The molecule has 1 aromatic carbocycles. The first-order valence-corrected chi connectivity index (χ1v) is 8.20. The molecule has 1 aliphatic heterocycles. The summed E-state index contributed by atoms with van der Waals surface area (Å²) in [5.74, 6) is -0.505. The molecule has 0 aromatic heterocycles. The van der Waals surface area contributed by atoms with Crippen LogP contribution in [0.2, 0.25) is 0 Å². The van der Waals surface area contributed by atoms with Gasteiger partial charge in [-0.15, -0.1) is 0 Å². The number of benzene rings is 1. The van der Waals surface area contributed by atoms with Gasteiger partial charge in [-0.05, 0) is 45.2 Å². The molecule has 5 heteroatoms. The third kappa shape index (κ3) is 3.05. The zero-order chi connectivity index (χ0) is 14.2. The molecule has 0 amide bonds. The highest BCUT2D eigenvalue weighted by Crippen LogP contribution is 2.47. The molecule has 1 saturated carbocycles. The van der Waals surface area contributed by atoms with Crippen LogP contribution in [0, 0.1) is 0 Å². The molecule has 1 heterocycles. The zero-order valence-electron chi connectivity index (χ0n) is 11.9. The lowest BCUT2D eigenvalue weighted by Gasteiger charge is -2.21. The number of anilines is 1. The number of hydrogen-bond donors (Lipinski definition) is 1. The topological polar surface area (TPSA) is 47.6 Å². The minimum Gasteiger partial charge on any atom is -0.348 e. The van der Waals surface area contributed by atoms with Crippen molar-refractivity contribution in [3.63, 3.8) is 0 Å². The van der Waals surface area contributed by atoms with Gasteiger partial charge in [-0.3, -0.25) is 0 Å². The van der Waals surface area contributed by atoms with Crippen LogP contribution in [0.3, 0.4) is 0 Å². The number of hydrogen-bond acceptors (Lipinski definition) is 3. The van der Waals surface area contributed by atoms with Crippen molar-refractivity contribution in [3.05, 3.63) is 30.3 Å². The Bertz CT molecular complexity index is 499. The standard InChI is InChI=1S/C15H21NO3S/c1-14(2)18-11-13(19-14)10-15(8-9-15)20(17)16-12-6-4-3-5-7-12/h3-7,13,16H,8-11H2,1-2H3. The monoisotopic (exact) mass is 295 g/mol. The highest BCUT2D eigenvalue weighted by Gasteiger charge is 2.52. The van der Waals surface area contributed by atoms with Crippen molar-refractivity contribution in [1.82, 2.24) is 0 Å². The normalized spacial score (nSPS) is 28.0.